The van der Waals surface area contributed by atoms with Crippen LogP contribution in [-0.4, -0.2) is 41.5 Å². The number of fused-ring (bicyclic) bond motifs is 2. The molecule has 0 spiro atoms. The minimum atomic E-state index is -0.189. The van der Waals surface area contributed by atoms with Crippen molar-refractivity contribution in [3.63, 3.8) is 0 Å². The summed E-state index contributed by atoms with van der Waals surface area (Å²) in [6, 6.07) is 9.97. The van der Waals surface area contributed by atoms with Gasteiger partial charge in [-0.1, -0.05) is 31.0 Å². The molecule has 2 aromatic heterocycles. The molecule has 1 N–H and O–H groups in total. The molecule has 0 radical (unpaired) electrons. The molecule has 1 unspecified atom stereocenters. The number of piperidine rings is 1. The Morgan fingerprint density at radius 1 is 1.29 bits per heavy atom. The van der Waals surface area contributed by atoms with Gasteiger partial charge in [0.15, 0.2) is 5.76 Å². The molecule has 1 aliphatic heterocycles. The van der Waals surface area contributed by atoms with Gasteiger partial charge in [-0.2, -0.15) is 0 Å². The Morgan fingerprint density at radius 3 is 3.04 bits per heavy atom. The fourth-order valence-electron chi connectivity index (χ4n) is 4.10. The van der Waals surface area contributed by atoms with Crippen LogP contribution in [0, 0.1) is 0 Å². The number of carbonyl (C=O) groups excluding carboxylic acids is 1. The molecule has 4 rings (SSSR count). The number of pyridine rings is 1. The Kier molecular flexibility index (Phi) is 5.83. The largest absolute Gasteiger partial charge is 0.433 e. The SMILES string of the molecule is CCC1CCCCN1CCCNC(=O)c1cc2cc3ccc(Cl)cc3nc2o1. The van der Waals surface area contributed by atoms with Gasteiger partial charge in [0, 0.05) is 34.9 Å². The number of furan rings is 1. The van der Waals surface area contributed by atoms with Crippen LogP contribution in [0.15, 0.2) is 34.7 Å². The molecule has 1 atom stereocenters. The first-order valence-corrected chi connectivity index (χ1v) is 10.5. The van der Waals surface area contributed by atoms with Gasteiger partial charge in [-0.05, 0) is 56.5 Å². The van der Waals surface area contributed by atoms with Crippen LogP contribution in [-0.2, 0) is 0 Å². The zero-order valence-corrected chi connectivity index (χ0v) is 17.0. The molecular formula is C22H26ClN3O2. The number of nitrogens with one attached hydrogen (secondary N) is 1. The average Bonchev–Trinajstić information content (AvgIpc) is 3.12. The van der Waals surface area contributed by atoms with Gasteiger partial charge in [-0.3, -0.25) is 4.79 Å². The van der Waals surface area contributed by atoms with Gasteiger partial charge in [0.1, 0.15) is 0 Å². The summed E-state index contributed by atoms with van der Waals surface area (Å²) in [6.07, 6.45) is 6.08. The number of amides is 1. The lowest BCUT2D eigenvalue weighted by molar-refractivity contribution is 0.0921. The number of aromatic nitrogens is 1. The first-order valence-electron chi connectivity index (χ1n) is 10.2. The Labute approximate surface area is 170 Å². The molecular weight excluding hydrogens is 374 g/mol. The molecule has 3 heterocycles. The third-order valence-electron chi connectivity index (χ3n) is 5.62. The van der Waals surface area contributed by atoms with Crippen molar-refractivity contribution in [3.05, 3.63) is 41.1 Å². The quantitative estimate of drug-likeness (QED) is 0.591. The summed E-state index contributed by atoms with van der Waals surface area (Å²) >= 11 is 6.03. The Balaban J connectivity index is 1.36. The molecule has 5 nitrogen and oxygen atoms in total. The second-order valence-electron chi connectivity index (χ2n) is 7.53. The van der Waals surface area contributed by atoms with E-state index in [0.717, 1.165) is 29.3 Å². The van der Waals surface area contributed by atoms with E-state index in [1.54, 1.807) is 12.1 Å². The van der Waals surface area contributed by atoms with Gasteiger partial charge < -0.3 is 14.6 Å². The lowest BCUT2D eigenvalue weighted by Gasteiger charge is -2.35. The number of carbonyl (C=O) groups is 1. The lowest BCUT2D eigenvalue weighted by Crippen LogP contribution is -2.40. The lowest BCUT2D eigenvalue weighted by atomic mass is 10.00. The van der Waals surface area contributed by atoms with E-state index in [9.17, 15) is 4.79 Å². The second-order valence-corrected chi connectivity index (χ2v) is 7.97. The van der Waals surface area contributed by atoms with Gasteiger partial charge in [-0.15, -0.1) is 0 Å². The molecule has 1 aliphatic rings. The summed E-state index contributed by atoms with van der Waals surface area (Å²) in [5, 5.41) is 5.39. The molecule has 1 saturated heterocycles. The minimum absolute atomic E-state index is 0.189. The number of likely N-dealkylation sites (tertiary alicyclic amines) is 1. The molecule has 148 valence electrons. The predicted molar refractivity (Wildman–Crippen MR) is 113 cm³/mol. The van der Waals surface area contributed by atoms with Crippen molar-refractivity contribution in [3.8, 4) is 0 Å². The maximum atomic E-state index is 12.5. The number of halogens is 1. The molecule has 1 aromatic carbocycles. The van der Waals surface area contributed by atoms with E-state index in [0.29, 0.717) is 29.1 Å². The van der Waals surface area contributed by atoms with E-state index >= 15 is 0 Å². The number of hydrogen-bond donors (Lipinski definition) is 1. The van der Waals surface area contributed by atoms with Crippen LogP contribution in [0.4, 0.5) is 0 Å². The van der Waals surface area contributed by atoms with Gasteiger partial charge in [-0.25, -0.2) is 4.98 Å². The highest BCUT2D eigenvalue weighted by molar-refractivity contribution is 6.31. The molecule has 0 bridgehead atoms. The molecule has 1 fully saturated rings. The van der Waals surface area contributed by atoms with Crippen molar-refractivity contribution in [2.24, 2.45) is 0 Å². The fourth-order valence-corrected chi connectivity index (χ4v) is 4.27. The van der Waals surface area contributed by atoms with E-state index in [1.165, 1.54) is 32.2 Å². The summed E-state index contributed by atoms with van der Waals surface area (Å²) in [6.45, 7) is 5.12. The van der Waals surface area contributed by atoms with Crippen molar-refractivity contribution in [1.82, 2.24) is 15.2 Å². The van der Waals surface area contributed by atoms with E-state index in [-0.39, 0.29) is 5.91 Å². The van der Waals surface area contributed by atoms with Crippen molar-refractivity contribution in [2.45, 2.75) is 45.1 Å². The highest BCUT2D eigenvalue weighted by atomic mass is 35.5. The van der Waals surface area contributed by atoms with Crippen molar-refractivity contribution >= 4 is 39.5 Å². The highest BCUT2D eigenvalue weighted by Crippen LogP contribution is 2.25. The van der Waals surface area contributed by atoms with Crippen LogP contribution in [0.25, 0.3) is 22.0 Å². The van der Waals surface area contributed by atoms with E-state index in [2.05, 4.69) is 22.1 Å². The molecule has 6 heteroatoms. The Morgan fingerprint density at radius 2 is 2.18 bits per heavy atom. The predicted octanol–water partition coefficient (Wildman–Crippen LogP) is 5.02. The third kappa shape index (κ3) is 4.15. The first kappa shape index (κ1) is 19.2. The number of hydrogen-bond acceptors (Lipinski definition) is 4. The zero-order valence-electron chi connectivity index (χ0n) is 16.2. The molecule has 1 amide bonds. The maximum Gasteiger partial charge on any atom is 0.287 e. The zero-order chi connectivity index (χ0) is 19.5. The van der Waals surface area contributed by atoms with Crippen LogP contribution >= 0.6 is 11.6 Å². The summed E-state index contributed by atoms with van der Waals surface area (Å²) < 4.78 is 5.68. The molecule has 0 saturated carbocycles. The molecule has 3 aromatic rings. The normalized spacial score (nSPS) is 18.0. The van der Waals surface area contributed by atoms with E-state index < -0.39 is 0 Å². The van der Waals surface area contributed by atoms with E-state index in [1.807, 2.05) is 18.2 Å². The first-order chi connectivity index (χ1) is 13.6. The Bertz CT molecular complexity index is 984. The van der Waals surface area contributed by atoms with Crippen LogP contribution < -0.4 is 5.32 Å². The summed E-state index contributed by atoms with van der Waals surface area (Å²) in [5.41, 5.74) is 1.22. The van der Waals surface area contributed by atoms with Gasteiger partial charge in [0.25, 0.3) is 5.91 Å². The van der Waals surface area contributed by atoms with Crippen LogP contribution in [0.5, 0.6) is 0 Å². The molecule has 0 aliphatic carbocycles. The van der Waals surface area contributed by atoms with Gasteiger partial charge >= 0.3 is 0 Å². The van der Waals surface area contributed by atoms with E-state index in [4.69, 9.17) is 16.0 Å². The van der Waals surface area contributed by atoms with Crippen molar-refractivity contribution < 1.29 is 9.21 Å². The Hall–Kier alpha value is -2.11. The smallest absolute Gasteiger partial charge is 0.287 e. The summed E-state index contributed by atoms with van der Waals surface area (Å²) in [7, 11) is 0. The van der Waals surface area contributed by atoms with Gasteiger partial charge in [0.2, 0.25) is 5.71 Å². The number of rotatable bonds is 6. The second kappa shape index (κ2) is 8.50. The van der Waals surface area contributed by atoms with Crippen molar-refractivity contribution in [2.75, 3.05) is 19.6 Å². The van der Waals surface area contributed by atoms with Gasteiger partial charge in [0.05, 0.1) is 5.52 Å². The molecule has 28 heavy (non-hydrogen) atoms. The topological polar surface area (TPSA) is 58.4 Å². The minimum Gasteiger partial charge on any atom is -0.433 e. The number of nitrogens with zero attached hydrogens (tertiary/aromatic N) is 2. The van der Waals surface area contributed by atoms with Crippen LogP contribution in [0.3, 0.4) is 0 Å². The van der Waals surface area contributed by atoms with Crippen LogP contribution in [0.2, 0.25) is 5.02 Å². The average molecular weight is 400 g/mol. The fraction of sp³-hybridized carbons (Fsp3) is 0.455. The standard InChI is InChI=1S/C22H26ClN3O2/c1-2-18-6-3-4-10-26(18)11-5-9-24-21(27)20-13-16-12-15-7-8-17(23)14-19(15)25-22(16)28-20/h7-8,12-14,18H,2-6,9-11H2,1H3,(H,24,27). The maximum absolute atomic E-state index is 12.5. The number of benzene rings is 1. The third-order valence-corrected chi connectivity index (χ3v) is 5.85. The highest BCUT2D eigenvalue weighted by Gasteiger charge is 2.20. The summed E-state index contributed by atoms with van der Waals surface area (Å²) in [4.78, 5) is 19.5. The monoisotopic (exact) mass is 399 g/mol. The summed E-state index contributed by atoms with van der Waals surface area (Å²) in [5.74, 6) is 0.110. The van der Waals surface area contributed by atoms with Crippen LogP contribution in [0.1, 0.15) is 49.6 Å². The van der Waals surface area contributed by atoms with Crippen molar-refractivity contribution in [1.29, 1.82) is 0 Å².